The number of ether oxygens (including phenoxy) is 1. The van der Waals surface area contributed by atoms with Crippen LogP contribution in [0.4, 0.5) is 0 Å². The summed E-state index contributed by atoms with van der Waals surface area (Å²) in [5, 5.41) is 3.61. The second-order valence-corrected chi connectivity index (χ2v) is 6.13. The van der Waals surface area contributed by atoms with Crippen LogP contribution in [0.1, 0.15) is 46.0 Å². The second kappa shape index (κ2) is 6.71. The number of nitrogens with zero attached hydrogens (tertiary/aromatic N) is 1. The van der Waals surface area contributed by atoms with E-state index in [1.807, 2.05) is 6.92 Å². The molecule has 1 aliphatic heterocycles. The highest BCUT2D eigenvalue weighted by molar-refractivity contribution is 5.72. The van der Waals surface area contributed by atoms with Crippen molar-refractivity contribution >= 4 is 5.97 Å². The van der Waals surface area contributed by atoms with E-state index in [0.717, 1.165) is 13.1 Å². The predicted molar refractivity (Wildman–Crippen MR) is 76.0 cm³/mol. The summed E-state index contributed by atoms with van der Waals surface area (Å²) < 4.78 is 4.89. The van der Waals surface area contributed by atoms with Crippen LogP contribution in [0.5, 0.6) is 0 Å². The number of hydrogen-bond donors (Lipinski definition) is 1. The average molecular weight is 268 g/mol. The Labute approximate surface area is 116 Å². The molecule has 2 aliphatic rings. The third kappa shape index (κ3) is 3.93. The summed E-state index contributed by atoms with van der Waals surface area (Å²) in [6.45, 7) is 6.38. The van der Waals surface area contributed by atoms with Crippen LogP contribution in [-0.4, -0.2) is 49.2 Å². The van der Waals surface area contributed by atoms with Gasteiger partial charge in [-0.15, -0.1) is 0 Å². The maximum Gasteiger partial charge on any atom is 0.309 e. The fraction of sp³-hybridized carbons (Fsp3) is 0.933. The van der Waals surface area contributed by atoms with Gasteiger partial charge in [-0.25, -0.2) is 0 Å². The lowest BCUT2D eigenvalue weighted by atomic mass is 9.99. The standard InChI is InChI=1S/C15H28N2O2/c1-11(15(18)19-3)12(2)17(14-7-8-14)10-13-6-4-5-9-16-13/h11-14,16H,4-10H2,1-3H3. The van der Waals surface area contributed by atoms with Crippen LogP contribution >= 0.6 is 0 Å². The molecular formula is C15H28N2O2. The van der Waals surface area contributed by atoms with Crippen LogP contribution in [0.25, 0.3) is 0 Å². The second-order valence-electron chi connectivity index (χ2n) is 6.13. The Hall–Kier alpha value is -0.610. The van der Waals surface area contributed by atoms with Gasteiger partial charge in [0.15, 0.2) is 0 Å². The lowest BCUT2D eigenvalue weighted by molar-refractivity contribution is -0.147. The van der Waals surface area contributed by atoms with E-state index in [2.05, 4.69) is 17.1 Å². The molecule has 0 amide bonds. The molecule has 0 aromatic rings. The molecule has 3 atom stereocenters. The van der Waals surface area contributed by atoms with Gasteiger partial charge >= 0.3 is 5.97 Å². The van der Waals surface area contributed by atoms with E-state index in [0.29, 0.717) is 12.1 Å². The van der Waals surface area contributed by atoms with Gasteiger partial charge in [-0.3, -0.25) is 9.69 Å². The largest absolute Gasteiger partial charge is 0.469 e. The number of rotatable bonds is 6. The van der Waals surface area contributed by atoms with E-state index >= 15 is 0 Å². The zero-order chi connectivity index (χ0) is 13.8. The predicted octanol–water partition coefficient (Wildman–Crippen LogP) is 1.79. The molecular weight excluding hydrogens is 240 g/mol. The van der Waals surface area contributed by atoms with Crippen molar-refractivity contribution in [1.82, 2.24) is 10.2 Å². The van der Waals surface area contributed by atoms with Crippen molar-refractivity contribution in [1.29, 1.82) is 0 Å². The highest BCUT2D eigenvalue weighted by Gasteiger charge is 2.37. The fourth-order valence-corrected chi connectivity index (χ4v) is 3.06. The molecule has 2 fully saturated rings. The van der Waals surface area contributed by atoms with Gasteiger partial charge in [0, 0.05) is 24.7 Å². The number of methoxy groups -OCH3 is 1. The summed E-state index contributed by atoms with van der Waals surface area (Å²) in [5.41, 5.74) is 0. The van der Waals surface area contributed by atoms with E-state index in [1.165, 1.54) is 39.2 Å². The highest BCUT2D eigenvalue weighted by atomic mass is 16.5. The first-order valence-corrected chi connectivity index (χ1v) is 7.70. The molecule has 0 bridgehead atoms. The minimum Gasteiger partial charge on any atom is -0.469 e. The Balaban J connectivity index is 1.92. The molecule has 1 heterocycles. The lowest BCUT2D eigenvalue weighted by Gasteiger charge is -2.36. The summed E-state index contributed by atoms with van der Waals surface area (Å²) in [6.07, 6.45) is 6.46. The van der Waals surface area contributed by atoms with Gasteiger partial charge < -0.3 is 10.1 Å². The first-order valence-electron chi connectivity index (χ1n) is 7.70. The topological polar surface area (TPSA) is 41.6 Å². The van der Waals surface area contributed by atoms with Crippen molar-refractivity contribution in [2.75, 3.05) is 20.2 Å². The first kappa shape index (κ1) is 14.8. The lowest BCUT2D eigenvalue weighted by Crippen LogP contribution is -2.50. The molecule has 4 heteroatoms. The molecule has 1 saturated carbocycles. The smallest absolute Gasteiger partial charge is 0.309 e. The van der Waals surface area contributed by atoms with Crippen LogP contribution in [-0.2, 0) is 9.53 Å². The van der Waals surface area contributed by atoms with Gasteiger partial charge in [0.1, 0.15) is 0 Å². The van der Waals surface area contributed by atoms with Gasteiger partial charge in [0.25, 0.3) is 0 Å². The summed E-state index contributed by atoms with van der Waals surface area (Å²) in [4.78, 5) is 14.3. The van der Waals surface area contributed by atoms with Crippen molar-refractivity contribution in [3.63, 3.8) is 0 Å². The molecule has 0 aromatic heterocycles. The minimum absolute atomic E-state index is 0.0470. The Morgan fingerprint density at radius 1 is 1.32 bits per heavy atom. The molecule has 1 aliphatic carbocycles. The number of carbonyl (C=O) groups is 1. The van der Waals surface area contributed by atoms with Gasteiger partial charge in [-0.05, 0) is 39.2 Å². The SMILES string of the molecule is COC(=O)C(C)C(C)N(CC1CCCCN1)C1CC1. The Morgan fingerprint density at radius 2 is 2.05 bits per heavy atom. The molecule has 2 rings (SSSR count). The number of nitrogens with one attached hydrogen (secondary N) is 1. The molecule has 3 unspecified atom stereocenters. The van der Waals surface area contributed by atoms with Crippen LogP contribution < -0.4 is 5.32 Å². The zero-order valence-electron chi connectivity index (χ0n) is 12.5. The Bertz CT molecular complexity index is 299. The molecule has 0 spiro atoms. The Morgan fingerprint density at radius 3 is 2.58 bits per heavy atom. The van der Waals surface area contributed by atoms with Crippen molar-refractivity contribution in [3.05, 3.63) is 0 Å². The van der Waals surface area contributed by atoms with Crippen LogP contribution in [0.3, 0.4) is 0 Å². The van der Waals surface area contributed by atoms with Crippen LogP contribution in [0.2, 0.25) is 0 Å². The van der Waals surface area contributed by atoms with Crippen molar-refractivity contribution in [2.24, 2.45) is 5.92 Å². The van der Waals surface area contributed by atoms with Gasteiger partial charge in [0.05, 0.1) is 13.0 Å². The van der Waals surface area contributed by atoms with Crippen LogP contribution in [0.15, 0.2) is 0 Å². The van der Waals surface area contributed by atoms with E-state index in [-0.39, 0.29) is 17.9 Å². The van der Waals surface area contributed by atoms with Crippen molar-refractivity contribution in [3.8, 4) is 0 Å². The molecule has 1 saturated heterocycles. The molecule has 4 nitrogen and oxygen atoms in total. The normalized spacial score (nSPS) is 27.1. The maximum atomic E-state index is 11.7. The number of hydrogen-bond acceptors (Lipinski definition) is 4. The summed E-state index contributed by atoms with van der Waals surface area (Å²) in [7, 11) is 1.48. The number of carbonyl (C=O) groups excluding carboxylic acids is 1. The summed E-state index contributed by atoms with van der Waals surface area (Å²) >= 11 is 0. The first-order chi connectivity index (χ1) is 9.13. The van der Waals surface area contributed by atoms with Gasteiger partial charge in [-0.1, -0.05) is 13.3 Å². The molecule has 110 valence electrons. The van der Waals surface area contributed by atoms with E-state index in [1.54, 1.807) is 0 Å². The quantitative estimate of drug-likeness (QED) is 0.746. The third-order valence-electron chi connectivity index (χ3n) is 4.68. The van der Waals surface area contributed by atoms with E-state index in [9.17, 15) is 4.79 Å². The maximum absolute atomic E-state index is 11.7. The zero-order valence-corrected chi connectivity index (χ0v) is 12.5. The molecule has 19 heavy (non-hydrogen) atoms. The molecule has 1 N–H and O–H groups in total. The number of piperidine rings is 1. The van der Waals surface area contributed by atoms with Crippen molar-refractivity contribution in [2.45, 2.75) is 64.1 Å². The van der Waals surface area contributed by atoms with Crippen molar-refractivity contribution < 1.29 is 9.53 Å². The Kier molecular flexibility index (Phi) is 5.22. The van der Waals surface area contributed by atoms with Gasteiger partial charge in [-0.2, -0.15) is 0 Å². The minimum atomic E-state index is -0.0882. The summed E-state index contributed by atoms with van der Waals surface area (Å²) in [6, 6.07) is 1.55. The highest BCUT2D eigenvalue weighted by Crippen LogP contribution is 2.31. The molecule has 0 aromatic carbocycles. The summed E-state index contributed by atoms with van der Waals surface area (Å²) in [5.74, 6) is -0.135. The molecule has 0 radical (unpaired) electrons. The number of esters is 1. The monoisotopic (exact) mass is 268 g/mol. The van der Waals surface area contributed by atoms with Crippen LogP contribution in [0, 0.1) is 5.92 Å². The fourth-order valence-electron chi connectivity index (χ4n) is 3.06. The van der Waals surface area contributed by atoms with Gasteiger partial charge in [0.2, 0.25) is 0 Å². The third-order valence-corrected chi connectivity index (χ3v) is 4.68. The van der Waals surface area contributed by atoms with E-state index in [4.69, 9.17) is 4.74 Å². The average Bonchev–Trinajstić information content (AvgIpc) is 3.28. The van der Waals surface area contributed by atoms with E-state index < -0.39 is 0 Å².